The fourth-order valence-corrected chi connectivity index (χ4v) is 2.28. The van der Waals surface area contributed by atoms with Crippen LogP contribution in [0.25, 0.3) is 11.0 Å². The normalized spacial score (nSPS) is 11.1. The summed E-state index contributed by atoms with van der Waals surface area (Å²) in [6, 6.07) is 0.111. The van der Waals surface area contributed by atoms with Gasteiger partial charge < -0.3 is 10.2 Å². The van der Waals surface area contributed by atoms with Gasteiger partial charge in [-0.1, -0.05) is 0 Å². The Labute approximate surface area is 124 Å². The molecule has 0 atom stereocenters. The SMILES string of the molecule is CCN(CC)c1ncnc2c1cnn2CC(=O)NC(C)C. The van der Waals surface area contributed by atoms with Gasteiger partial charge in [0.2, 0.25) is 5.91 Å². The zero-order valence-corrected chi connectivity index (χ0v) is 13.0. The monoisotopic (exact) mass is 290 g/mol. The van der Waals surface area contributed by atoms with Crippen LogP contribution in [0.5, 0.6) is 0 Å². The lowest BCUT2D eigenvalue weighted by atomic mass is 10.3. The van der Waals surface area contributed by atoms with Crippen LogP contribution in [0.15, 0.2) is 12.5 Å². The third kappa shape index (κ3) is 3.29. The van der Waals surface area contributed by atoms with Crippen LogP contribution in [0.3, 0.4) is 0 Å². The van der Waals surface area contributed by atoms with E-state index < -0.39 is 0 Å². The summed E-state index contributed by atoms with van der Waals surface area (Å²) in [5, 5.41) is 8.01. The van der Waals surface area contributed by atoms with Crippen molar-refractivity contribution >= 4 is 22.8 Å². The molecule has 0 aliphatic heterocycles. The number of hydrogen-bond acceptors (Lipinski definition) is 5. The van der Waals surface area contributed by atoms with Crippen LogP contribution in [0.1, 0.15) is 27.7 Å². The van der Waals surface area contributed by atoms with E-state index in [1.54, 1.807) is 10.9 Å². The lowest BCUT2D eigenvalue weighted by Crippen LogP contribution is -2.33. The van der Waals surface area contributed by atoms with E-state index in [1.807, 2.05) is 13.8 Å². The first-order valence-electron chi connectivity index (χ1n) is 7.27. The smallest absolute Gasteiger partial charge is 0.242 e. The minimum atomic E-state index is -0.0713. The van der Waals surface area contributed by atoms with Crippen LogP contribution in [-0.4, -0.2) is 44.8 Å². The number of nitrogens with zero attached hydrogens (tertiary/aromatic N) is 5. The van der Waals surface area contributed by atoms with E-state index in [4.69, 9.17) is 0 Å². The lowest BCUT2D eigenvalue weighted by Gasteiger charge is -2.19. The first kappa shape index (κ1) is 15.2. The summed E-state index contributed by atoms with van der Waals surface area (Å²) in [4.78, 5) is 22.6. The molecule has 2 aromatic heterocycles. The van der Waals surface area contributed by atoms with Crippen molar-refractivity contribution in [1.29, 1.82) is 0 Å². The Morgan fingerprint density at radius 1 is 1.33 bits per heavy atom. The van der Waals surface area contributed by atoms with Crippen LogP contribution in [0, 0.1) is 0 Å². The standard InChI is InChI=1S/C14H22N6O/c1-5-19(6-2)13-11-7-17-20(14(11)16-9-15-13)8-12(21)18-10(3)4/h7,9-10H,5-6,8H2,1-4H3,(H,18,21). The maximum absolute atomic E-state index is 11.9. The highest BCUT2D eigenvalue weighted by atomic mass is 16.2. The van der Waals surface area contributed by atoms with Gasteiger partial charge in [0, 0.05) is 19.1 Å². The van der Waals surface area contributed by atoms with Crippen molar-refractivity contribution < 1.29 is 4.79 Å². The highest BCUT2D eigenvalue weighted by molar-refractivity contribution is 5.87. The quantitative estimate of drug-likeness (QED) is 0.865. The van der Waals surface area contributed by atoms with Crippen molar-refractivity contribution in [3.8, 4) is 0 Å². The molecule has 114 valence electrons. The Kier molecular flexibility index (Phi) is 4.72. The summed E-state index contributed by atoms with van der Waals surface area (Å²) in [6.45, 7) is 9.91. The molecular weight excluding hydrogens is 268 g/mol. The molecule has 2 aromatic rings. The van der Waals surface area contributed by atoms with Gasteiger partial charge in [-0.3, -0.25) is 4.79 Å². The van der Waals surface area contributed by atoms with Crippen molar-refractivity contribution in [3.63, 3.8) is 0 Å². The molecule has 0 saturated carbocycles. The van der Waals surface area contributed by atoms with Gasteiger partial charge in [-0.25, -0.2) is 14.6 Å². The predicted molar refractivity (Wildman–Crippen MR) is 82.2 cm³/mol. The molecule has 2 rings (SSSR count). The van der Waals surface area contributed by atoms with Gasteiger partial charge in [-0.05, 0) is 27.7 Å². The second kappa shape index (κ2) is 6.51. The van der Waals surface area contributed by atoms with Gasteiger partial charge in [-0.15, -0.1) is 0 Å². The summed E-state index contributed by atoms with van der Waals surface area (Å²) in [6.07, 6.45) is 3.25. The first-order valence-corrected chi connectivity index (χ1v) is 7.27. The molecule has 0 unspecified atom stereocenters. The van der Waals surface area contributed by atoms with Crippen LogP contribution < -0.4 is 10.2 Å². The number of amides is 1. The highest BCUT2D eigenvalue weighted by Crippen LogP contribution is 2.22. The molecule has 0 fully saturated rings. The minimum absolute atomic E-state index is 0.0713. The molecule has 21 heavy (non-hydrogen) atoms. The van der Waals surface area contributed by atoms with Gasteiger partial charge in [-0.2, -0.15) is 5.10 Å². The zero-order valence-electron chi connectivity index (χ0n) is 13.0. The van der Waals surface area contributed by atoms with E-state index in [0.29, 0.717) is 5.65 Å². The fraction of sp³-hybridized carbons (Fsp3) is 0.571. The average molecular weight is 290 g/mol. The first-order chi connectivity index (χ1) is 10.1. The average Bonchev–Trinajstić information content (AvgIpc) is 2.83. The lowest BCUT2D eigenvalue weighted by molar-refractivity contribution is -0.122. The van der Waals surface area contributed by atoms with Crippen molar-refractivity contribution in [1.82, 2.24) is 25.1 Å². The number of carbonyl (C=O) groups is 1. The fourth-order valence-electron chi connectivity index (χ4n) is 2.28. The molecule has 0 spiro atoms. The molecule has 7 heteroatoms. The Balaban J connectivity index is 2.32. The van der Waals surface area contributed by atoms with Gasteiger partial charge in [0.15, 0.2) is 5.65 Å². The Morgan fingerprint density at radius 3 is 2.67 bits per heavy atom. The summed E-state index contributed by atoms with van der Waals surface area (Å²) < 4.78 is 1.61. The predicted octanol–water partition coefficient (Wildman–Crippen LogP) is 1.20. The van der Waals surface area contributed by atoms with Crippen LogP contribution >= 0.6 is 0 Å². The van der Waals surface area contributed by atoms with Crippen LogP contribution in [-0.2, 0) is 11.3 Å². The molecule has 0 saturated heterocycles. The Morgan fingerprint density at radius 2 is 2.05 bits per heavy atom. The highest BCUT2D eigenvalue weighted by Gasteiger charge is 2.15. The Hall–Kier alpha value is -2.18. The van der Waals surface area contributed by atoms with E-state index in [0.717, 1.165) is 24.3 Å². The molecule has 0 aliphatic rings. The van der Waals surface area contributed by atoms with Gasteiger partial charge >= 0.3 is 0 Å². The largest absolute Gasteiger partial charge is 0.356 e. The molecule has 2 heterocycles. The summed E-state index contributed by atoms with van der Waals surface area (Å²) >= 11 is 0. The molecule has 0 aliphatic carbocycles. The maximum Gasteiger partial charge on any atom is 0.242 e. The molecule has 1 amide bonds. The topological polar surface area (TPSA) is 75.9 Å². The third-order valence-electron chi connectivity index (χ3n) is 3.22. The summed E-state index contributed by atoms with van der Waals surface area (Å²) in [5.74, 6) is 0.790. The van der Waals surface area contributed by atoms with E-state index in [-0.39, 0.29) is 18.5 Å². The molecule has 1 N–H and O–H groups in total. The number of fused-ring (bicyclic) bond motifs is 1. The van der Waals surface area contributed by atoms with Crippen molar-refractivity contribution in [3.05, 3.63) is 12.5 Å². The van der Waals surface area contributed by atoms with Gasteiger partial charge in [0.05, 0.1) is 11.6 Å². The second-order valence-corrected chi connectivity index (χ2v) is 5.13. The van der Waals surface area contributed by atoms with E-state index in [9.17, 15) is 4.79 Å². The number of carbonyl (C=O) groups excluding carboxylic acids is 1. The Bertz CT molecular complexity index is 617. The van der Waals surface area contributed by atoms with E-state index in [2.05, 4.69) is 39.1 Å². The second-order valence-electron chi connectivity index (χ2n) is 5.13. The van der Waals surface area contributed by atoms with Crippen molar-refractivity contribution in [2.45, 2.75) is 40.3 Å². The van der Waals surface area contributed by atoms with Crippen molar-refractivity contribution in [2.75, 3.05) is 18.0 Å². The summed E-state index contributed by atoms with van der Waals surface area (Å²) in [5.41, 5.74) is 0.686. The summed E-state index contributed by atoms with van der Waals surface area (Å²) in [7, 11) is 0. The van der Waals surface area contributed by atoms with E-state index in [1.165, 1.54) is 6.33 Å². The van der Waals surface area contributed by atoms with Gasteiger partial charge in [0.25, 0.3) is 0 Å². The minimum Gasteiger partial charge on any atom is -0.356 e. The maximum atomic E-state index is 11.9. The van der Waals surface area contributed by atoms with Crippen LogP contribution in [0.4, 0.5) is 5.82 Å². The van der Waals surface area contributed by atoms with Gasteiger partial charge in [0.1, 0.15) is 18.7 Å². The number of hydrogen-bond donors (Lipinski definition) is 1. The molecule has 0 radical (unpaired) electrons. The van der Waals surface area contributed by atoms with Crippen molar-refractivity contribution in [2.24, 2.45) is 0 Å². The van der Waals surface area contributed by atoms with Crippen LogP contribution in [0.2, 0.25) is 0 Å². The zero-order chi connectivity index (χ0) is 15.4. The van der Waals surface area contributed by atoms with E-state index >= 15 is 0 Å². The molecular formula is C14H22N6O. The number of aromatic nitrogens is 4. The third-order valence-corrected chi connectivity index (χ3v) is 3.22. The number of anilines is 1. The molecule has 0 aromatic carbocycles. The number of nitrogens with one attached hydrogen (secondary N) is 1. The molecule has 0 bridgehead atoms. The molecule has 7 nitrogen and oxygen atoms in total. The number of rotatable bonds is 6.